The van der Waals surface area contributed by atoms with Gasteiger partial charge in [0.1, 0.15) is 46.6 Å². The fraction of sp³-hybridized carbons (Fsp3) is 0.486. The van der Waals surface area contributed by atoms with Gasteiger partial charge < -0.3 is 48.3 Å². The number of nitrogens with one attached hydrogen (secondary N) is 2. The Labute approximate surface area is 551 Å². The van der Waals surface area contributed by atoms with Crippen LogP contribution in [0.2, 0.25) is 0 Å². The molecule has 0 bridgehead atoms. The Bertz CT molecular complexity index is 3270. The van der Waals surface area contributed by atoms with Crippen LogP contribution in [0.15, 0.2) is 118 Å². The van der Waals surface area contributed by atoms with Crippen LogP contribution in [0.1, 0.15) is 161 Å². The Hall–Kier alpha value is -8.73. The van der Waals surface area contributed by atoms with E-state index in [1.165, 1.54) is 0 Å². The molecular formula is C72H93N7O15. The first-order valence-corrected chi connectivity index (χ1v) is 32.0. The molecule has 3 N–H and O–H groups in total. The zero-order valence-corrected chi connectivity index (χ0v) is 56.5. The van der Waals surface area contributed by atoms with E-state index in [1.807, 2.05) is 84.9 Å². The van der Waals surface area contributed by atoms with Crippen molar-refractivity contribution in [1.82, 2.24) is 35.3 Å². The number of benzene rings is 2. The highest BCUT2D eigenvalue weighted by molar-refractivity contribution is 5.83. The van der Waals surface area contributed by atoms with E-state index in [2.05, 4.69) is 15.5 Å². The number of hydrogen-bond acceptors (Lipinski definition) is 19. The van der Waals surface area contributed by atoms with Gasteiger partial charge in [0.05, 0.1) is 61.5 Å². The predicted octanol–water partition coefficient (Wildman–Crippen LogP) is 11.4. The molecule has 1 aliphatic carbocycles. The van der Waals surface area contributed by atoms with Crippen LogP contribution < -0.4 is 10.6 Å². The maximum Gasteiger partial charge on any atom is 0.407 e. The summed E-state index contributed by atoms with van der Waals surface area (Å²) in [5, 5.41) is 15.3. The number of carbonyl (C=O) groups excluding carboxylic acids is 6. The number of carboxylic acid groups (broad SMARTS) is 1. The number of esters is 4. The largest absolute Gasteiger partial charge is 0.480 e. The molecule has 2 amide bonds. The Morgan fingerprint density at radius 2 is 0.915 bits per heavy atom. The van der Waals surface area contributed by atoms with Gasteiger partial charge in [0.15, 0.2) is 0 Å². The first kappa shape index (κ1) is 72.7. The van der Waals surface area contributed by atoms with Crippen LogP contribution in [-0.2, 0) is 78.6 Å². The number of aromatic nitrogens is 2. The van der Waals surface area contributed by atoms with Crippen LogP contribution in [0.25, 0.3) is 33.8 Å². The summed E-state index contributed by atoms with van der Waals surface area (Å²) in [5.74, 6) is -2.81. The molecule has 22 heteroatoms. The average Bonchev–Trinajstić information content (AvgIpc) is 1.61. The molecule has 4 aromatic heterocycles. The van der Waals surface area contributed by atoms with E-state index < -0.39 is 64.4 Å². The van der Waals surface area contributed by atoms with Gasteiger partial charge >= 0.3 is 35.9 Å². The number of furan rings is 2. The summed E-state index contributed by atoms with van der Waals surface area (Å²) >= 11 is 0. The summed E-state index contributed by atoms with van der Waals surface area (Å²) in [6, 6.07) is 29.3. The fourth-order valence-corrected chi connectivity index (χ4v) is 10.9. The number of pyridine rings is 2. The lowest BCUT2D eigenvalue weighted by atomic mass is 9.98. The highest BCUT2D eigenvalue weighted by Gasteiger charge is 2.32. The zero-order valence-electron chi connectivity index (χ0n) is 56.5. The van der Waals surface area contributed by atoms with E-state index in [1.54, 1.807) is 118 Å². The van der Waals surface area contributed by atoms with Crippen molar-refractivity contribution in [3.8, 4) is 33.8 Å². The van der Waals surface area contributed by atoms with Crippen LogP contribution in [0.5, 0.6) is 0 Å². The lowest BCUT2D eigenvalue weighted by Crippen LogP contribution is -2.42. The molecule has 0 aliphatic heterocycles. The molecule has 94 heavy (non-hydrogen) atoms. The third-order valence-electron chi connectivity index (χ3n) is 14.4. The number of rotatable bonds is 32. The summed E-state index contributed by atoms with van der Waals surface area (Å²) in [7, 11) is 0. The second-order valence-electron chi connectivity index (χ2n) is 27.6. The molecule has 0 radical (unpaired) electrons. The summed E-state index contributed by atoms with van der Waals surface area (Å²) in [5.41, 5.74) is 4.84. The van der Waals surface area contributed by atoms with Gasteiger partial charge in [0, 0.05) is 56.2 Å². The van der Waals surface area contributed by atoms with E-state index in [0.717, 1.165) is 35.1 Å². The van der Waals surface area contributed by atoms with Crippen molar-refractivity contribution in [2.45, 2.75) is 182 Å². The molecule has 506 valence electrons. The van der Waals surface area contributed by atoms with Crippen LogP contribution >= 0.6 is 0 Å². The molecule has 0 fully saturated rings. The lowest BCUT2D eigenvalue weighted by molar-refractivity contribution is -0.162. The number of hydrogen-bond donors (Lipinski definition) is 3. The monoisotopic (exact) mass is 1300 g/mol. The molecule has 1 atom stereocenters. The van der Waals surface area contributed by atoms with E-state index in [9.17, 15) is 38.7 Å². The van der Waals surface area contributed by atoms with Gasteiger partial charge in [-0.3, -0.25) is 48.6 Å². The summed E-state index contributed by atoms with van der Waals surface area (Å²) in [6.45, 7) is 22.0. The maximum atomic E-state index is 13.4. The minimum absolute atomic E-state index is 0.0130. The lowest BCUT2D eigenvalue weighted by Gasteiger charge is -2.27. The molecule has 7 rings (SSSR count). The van der Waals surface area contributed by atoms with Crippen molar-refractivity contribution in [1.29, 1.82) is 0 Å². The van der Waals surface area contributed by atoms with Crippen molar-refractivity contribution in [2.24, 2.45) is 0 Å². The maximum absolute atomic E-state index is 13.4. The number of nitrogens with zero attached hydrogens (tertiary/aromatic N) is 5. The number of carboxylic acids is 1. The number of ether oxygens (including phenoxy) is 5. The summed E-state index contributed by atoms with van der Waals surface area (Å²) < 4.78 is 40.2. The second-order valence-corrected chi connectivity index (χ2v) is 27.6. The highest BCUT2D eigenvalue weighted by atomic mass is 16.6. The molecule has 2 aromatic carbocycles. The molecule has 1 aliphatic rings. The average molecular weight is 1300 g/mol. The first-order valence-electron chi connectivity index (χ1n) is 32.0. The van der Waals surface area contributed by atoms with E-state index in [-0.39, 0.29) is 83.6 Å². The van der Waals surface area contributed by atoms with Crippen molar-refractivity contribution >= 4 is 41.8 Å². The number of alkyl carbamates (subject to hydrolysis) is 1. The Morgan fingerprint density at radius 1 is 0.521 bits per heavy atom. The third-order valence-corrected chi connectivity index (χ3v) is 14.4. The minimum Gasteiger partial charge on any atom is -0.480 e. The van der Waals surface area contributed by atoms with Crippen molar-refractivity contribution < 1.29 is 71.2 Å². The van der Waals surface area contributed by atoms with Crippen LogP contribution in [0, 0.1) is 0 Å². The van der Waals surface area contributed by atoms with Crippen LogP contribution in [0.3, 0.4) is 0 Å². The van der Waals surface area contributed by atoms with Gasteiger partial charge in [-0.25, -0.2) is 9.59 Å². The molecule has 1 unspecified atom stereocenters. The van der Waals surface area contributed by atoms with Gasteiger partial charge in [-0.1, -0.05) is 61.4 Å². The molecule has 4 heterocycles. The topological polar surface area (TPSA) is 272 Å². The number of aliphatic carboxylic acids is 1. The Balaban J connectivity index is 1.07. The van der Waals surface area contributed by atoms with Crippen molar-refractivity contribution in [3.63, 3.8) is 0 Å². The van der Waals surface area contributed by atoms with Crippen LogP contribution in [-0.4, -0.2) is 146 Å². The molecular weight excluding hydrogens is 1200 g/mol. The van der Waals surface area contributed by atoms with E-state index in [4.69, 9.17) is 42.5 Å². The molecule has 22 nitrogen and oxygen atoms in total. The summed E-state index contributed by atoms with van der Waals surface area (Å²) in [6.07, 6.45) is 4.80. The van der Waals surface area contributed by atoms with E-state index >= 15 is 0 Å². The Morgan fingerprint density at radius 3 is 1.30 bits per heavy atom. The summed E-state index contributed by atoms with van der Waals surface area (Å²) in [4.78, 5) is 108. The van der Waals surface area contributed by atoms with Crippen molar-refractivity contribution in [3.05, 3.63) is 143 Å². The molecule has 0 saturated heterocycles. The number of carbonyl (C=O) groups is 7. The van der Waals surface area contributed by atoms with Gasteiger partial charge in [-0.05, 0) is 180 Å². The number of fused-ring (bicyclic) bond motifs is 3. The third kappa shape index (κ3) is 24.6. The highest BCUT2D eigenvalue weighted by Crippen LogP contribution is 2.44. The zero-order chi connectivity index (χ0) is 68.4. The fourth-order valence-electron chi connectivity index (χ4n) is 10.9. The van der Waals surface area contributed by atoms with Gasteiger partial charge in [-0.2, -0.15) is 0 Å². The molecule has 6 aromatic rings. The van der Waals surface area contributed by atoms with Gasteiger partial charge in [0.2, 0.25) is 5.91 Å². The quantitative estimate of drug-likeness (QED) is 0.0201. The standard InChI is InChI=1S/C72H93N7O15/c1-69(2,3)91-63(81)43-78(44-64(82)92-70(4,5)6)41-52-37-48(60-27-21-33-88-60)35-50(74-52)39-77(40-51-36-49(61-28-22-34-89-61)38-53(75-51)42-79(45-65(83)93-71(7,8)9)46-66(84)94-72(10,11)12)32-20-14-13-19-31-73-62(80)30-29-59(67(85)86)76-68(87)90-47-58-56-25-17-15-23-54(56)55-24-16-18-26-57(55)58/h15-18,21-28,33-38,58-59H,13-14,19-20,29-32,39-47H2,1-12H3,(H,73,80)(H,76,87)(H,85,86). The van der Waals surface area contributed by atoms with E-state index in [0.29, 0.717) is 71.4 Å². The number of amides is 2. The smallest absolute Gasteiger partial charge is 0.407 e. The van der Waals surface area contributed by atoms with Crippen molar-refractivity contribution in [2.75, 3.05) is 45.9 Å². The second kappa shape index (κ2) is 32.9. The Kier molecular flexibility index (Phi) is 25.4. The van der Waals surface area contributed by atoms with Crippen LogP contribution in [0.4, 0.5) is 4.79 Å². The predicted molar refractivity (Wildman–Crippen MR) is 352 cm³/mol. The minimum atomic E-state index is -1.35. The molecule has 0 saturated carbocycles. The van der Waals surface area contributed by atoms with Gasteiger partial charge in [-0.15, -0.1) is 0 Å². The SMILES string of the molecule is CC(C)(C)OC(=O)CN(CC(=O)OC(C)(C)C)Cc1cc(-c2ccco2)cc(CN(CCCCCCNC(=O)CCC(NC(=O)OCC2c3ccccc3-c3ccccc32)C(=O)O)Cc2cc(-c3ccco3)cc(CN(CC(=O)OC(C)(C)C)CC(=O)OC(C)(C)C)n2)n1. The number of unbranched alkanes of at least 4 members (excludes halogenated alkanes) is 3. The first-order chi connectivity index (χ1) is 44.3. The molecule has 0 spiro atoms. The van der Waals surface area contributed by atoms with Gasteiger partial charge in [0.25, 0.3) is 0 Å². The normalized spacial score (nSPS) is 12.9.